The van der Waals surface area contributed by atoms with Gasteiger partial charge in [0.1, 0.15) is 0 Å². The largest absolute Gasteiger partial charge is 0.418 e. The maximum atomic E-state index is 12.7. The zero-order valence-corrected chi connectivity index (χ0v) is 8.43. The van der Waals surface area contributed by atoms with Gasteiger partial charge < -0.3 is 10.8 Å². The van der Waals surface area contributed by atoms with Crippen LogP contribution in [-0.2, 0) is 19.3 Å². The van der Waals surface area contributed by atoms with Gasteiger partial charge in [-0.05, 0) is 5.56 Å². The molecule has 0 aliphatic rings. The lowest BCUT2D eigenvalue weighted by Crippen LogP contribution is -2.18. The summed E-state index contributed by atoms with van der Waals surface area (Å²) < 4.78 is 63.3. The highest BCUT2D eigenvalue weighted by Gasteiger charge is 2.40. The van der Waals surface area contributed by atoms with Crippen molar-refractivity contribution in [1.29, 1.82) is 0 Å². The summed E-state index contributed by atoms with van der Waals surface area (Å²) in [6.07, 6.45) is -7.52. The summed E-state index contributed by atoms with van der Waals surface area (Å²) in [5, 5.41) is 8.71. The number of nitrogens with zero attached hydrogens (tertiary/aromatic N) is 1. The molecular formula is C9H9F5N2O. The van der Waals surface area contributed by atoms with Crippen LogP contribution in [0.25, 0.3) is 0 Å². The molecule has 0 spiro atoms. The number of hydrogen-bond donors (Lipinski definition) is 2. The van der Waals surface area contributed by atoms with Gasteiger partial charge in [-0.25, -0.2) is 8.78 Å². The van der Waals surface area contributed by atoms with Crippen molar-refractivity contribution in [2.45, 2.75) is 25.8 Å². The molecule has 0 unspecified atom stereocenters. The second-order valence-electron chi connectivity index (χ2n) is 3.18. The van der Waals surface area contributed by atoms with E-state index in [-0.39, 0.29) is 5.56 Å². The van der Waals surface area contributed by atoms with Crippen LogP contribution in [0.4, 0.5) is 22.0 Å². The van der Waals surface area contributed by atoms with E-state index in [4.69, 9.17) is 10.8 Å². The highest BCUT2D eigenvalue weighted by molar-refractivity contribution is 5.39. The Morgan fingerprint density at radius 2 is 1.94 bits per heavy atom. The lowest BCUT2D eigenvalue weighted by atomic mass is 10.0. The molecule has 3 N–H and O–H groups in total. The van der Waals surface area contributed by atoms with E-state index in [0.717, 1.165) is 6.20 Å². The molecule has 0 fully saturated rings. The highest BCUT2D eigenvalue weighted by Crippen LogP contribution is 2.39. The first-order chi connectivity index (χ1) is 7.82. The Balaban J connectivity index is 3.59. The Labute approximate surface area is 93.1 Å². The summed E-state index contributed by atoms with van der Waals surface area (Å²) in [7, 11) is 0. The zero-order chi connectivity index (χ0) is 13.2. The van der Waals surface area contributed by atoms with Crippen LogP contribution in [0.2, 0.25) is 0 Å². The Kier molecular flexibility index (Phi) is 3.99. The number of halogens is 5. The molecule has 0 saturated carbocycles. The normalized spacial score (nSPS) is 12.2. The number of hydrogen-bond acceptors (Lipinski definition) is 3. The van der Waals surface area contributed by atoms with Gasteiger partial charge in [0.05, 0.1) is 17.9 Å². The first-order valence-corrected chi connectivity index (χ1v) is 4.49. The maximum Gasteiger partial charge on any atom is 0.418 e. The number of aliphatic hydroxyl groups is 1. The van der Waals surface area contributed by atoms with Gasteiger partial charge in [-0.2, -0.15) is 13.2 Å². The van der Waals surface area contributed by atoms with E-state index in [2.05, 4.69) is 4.98 Å². The Morgan fingerprint density at radius 3 is 2.29 bits per heavy atom. The minimum absolute atomic E-state index is 0.385. The van der Waals surface area contributed by atoms with Gasteiger partial charge in [0.15, 0.2) is 0 Å². The van der Waals surface area contributed by atoms with E-state index < -0.39 is 42.6 Å². The predicted octanol–water partition coefficient (Wildman–Crippen LogP) is 1.99. The maximum absolute atomic E-state index is 12.7. The molecule has 0 aliphatic heterocycles. The quantitative estimate of drug-likeness (QED) is 0.813. The average molecular weight is 256 g/mol. The Bertz CT molecular complexity index is 405. The number of alkyl halides is 5. The van der Waals surface area contributed by atoms with Crippen molar-refractivity contribution in [3.05, 3.63) is 28.6 Å². The third-order valence-corrected chi connectivity index (χ3v) is 2.15. The Hall–Kier alpha value is -1.28. The van der Waals surface area contributed by atoms with E-state index in [1.165, 1.54) is 0 Å². The average Bonchev–Trinajstić information content (AvgIpc) is 2.25. The molecule has 0 aliphatic carbocycles. The van der Waals surface area contributed by atoms with E-state index in [9.17, 15) is 22.0 Å². The fraction of sp³-hybridized carbons (Fsp3) is 0.444. The topological polar surface area (TPSA) is 59.1 Å². The van der Waals surface area contributed by atoms with Crippen LogP contribution >= 0.6 is 0 Å². The molecule has 0 radical (unpaired) electrons. The SMILES string of the molecule is NCc1cnc(CO)c(C(F)(F)F)c1C(F)F. The summed E-state index contributed by atoms with van der Waals surface area (Å²) in [5.74, 6) is 0. The molecule has 0 atom stereocenters. The zero-order valence-electron chi connectivity index (χ0n) is 8.43. The van der Waals surface area contributed by atoms with Gasteiger partial charge in [-0.3, -0.25) is 4.98 Å². The number of aromatic nitrogens is 1. The van der Waals surface area contributed by atoms with E-state index >= 15 is 0 Å². The predicted molar refractivity (Wildman–Crippen MR) is 48.0 cm³/mol. The van der Waals surface area contributed by atoms with Gasteiger partial charge in [0, 0.05) is 18.3 Å². The van der Waals surface area contributed by atoms with E-state index in [1.54, 1.807) is 0 Å². The fourth-order valence-corrected chi connectivity index (χ4v) is 1.45. The number of aliphatic hydroxyl groups excluding tert-OH is 1. The molecule has 1 aromatic rings. The van der Waals surface area contributed by atoms with Gasteiger partial charge in [0.2, 0.25) is 0 Å². The monoisotopic (exact) mass is 256 g/mol. The second-order valence-corrected chi connectivity index (χ2v) is 3.18. The molecule has 1 heterocycles. The minimum atomic E-state index is -5.01. The van der Waals surface area contributed by atoms with Crippen LogP contribution in [0, 0.1) is 0 Å². The van der Waals surface area contributed by atoms with Gasteiger partial charge in [-0.15, -0.1) is 0 Å². The second kappa shape index (κ2) is 4.92. The summed E-state index contributed by atoms with van der Waals surface area (Å²) in [6.45, 7) is -1.55. The first kappa shape index (κ1) is 13.8. The first-order valence-electron chi connectivity index (χ1n) is 4.49. The lowest BCUT2D eigenvalue weighted by molar-refractivity contribution is -0.141. The fourth-order valence-electron chi connectivity index (χ4n) is 1.45. The minimum Gasteiger partial charge on any atom is -0.390 e. The van der Waals surface area contributed by atoms with Crippen molar-refractivity contribution in [3.8, 4) is 0 Å². The molecule has 1 rings (SSSR count). The van der Waals surface area contributed by atoms with Gasteiger partial charge in [0.25, 0.3) is 6.43 Å². The van der Waals surface area contributed by atoms with Crippen LogP contribution in [-0.4, -0.2) is 10.1 Å². The summed E-state index contributed by atoms with van der Waals surface area (Å²) >= 11 is 0. The molecule has 0 aromatic carbocycles. The van der Waals surface area contributed by atoms with Crippen LogP contribution in [0.3, 0.4) is 0 Å². The third-order valence-electron chi connectivity index (χ3n) is 2.15. The van der Waals surface area contributed by atoms with E-state index in [1.807, 2.05) is 0 Å². The number of nitrogens with two attached hydrogens (primary N) is 1. The van der Waals surface area contributed by atoms with Crippen LogP contribution in [0.15, 0.2) is 6.20 Å². The summed E-state index contributed by atoms with van der Waals surface area (Å²) in [6, 6.07) is 0. The standard InChI is InChI=1S/C9H9F5N2O/c10-8(11)6-4(1-15)2-16-5(3-17)7(6)9(12,13)14/h2,8,17H,1,3,15H2. The molecule has 0 amide bonds. The molecule has 1 aromatic heterocycles. The third kappa shape index (κ3) is 2.70. The Morgan fingerprint density at radius 1 is 1.35 bits per heavy atom. The van der Waals surface area contributed by atoms with E-state index in [0.29, 0.717) is 0 Å². The van der Waals surface area contributed by atoms with Crippen molar-refractivity contribution < 1.29 is 27.1 Å². The molecule has 3 nitrogen and oxygen atoms in total. The summed E-state index contributed by atoms with van der Waals surface area (Å²) in [4.78, 5) is 3.29. The molecular weight excluding hydrogens is 247 g/mol. The molecule has 0 bridgehead atoms. The lowest BCUT2D eigenvalue weighted by Gasteiger charge is -2.18. The molecule has 96 valence electrons. The van der Waals surface area contributed by atoms with Crippen LogP contribution in [0.1, 0.15) is 28.8 Å². The van der Waals surface area contributed by atoms with Crippen LogP contribution < -0.4 is 5.73 Å². The molecule has 8 heteroatoms. The van der Waals surface area contributed by atoms with Crippen molar-refractivity contribution >= 4 is 0 Å². The van der Waals surface area contributed by atoms with Gasteiger partial charge >= 0.3 is 6.18 Å². The molecule has 17 heavy (non-hydrogen) atoms. The highest BCUT2D eigenvalue weighted by atomic mass is 19.4. The summed E-state index contributed by atoms with van der Waals surface area (Å²) in [5.41, 5.74) is 1.07. The van der Waals surface area contributed by atoms with Crippen molar-refractivity contribution in [3.63, 3.8) is 0 Å². The smallest absolute Gasteiger partial charge is 0.390 e. The molecule has 0 saturated heterocycles. The van der Waals surface area contributed by atoms with Crippen LogP contribution in [0.5, 0.6) is 0 Å². The van der Waals surface area contributed by atoms with Crippen molar-refractivity contribution in [1.82, 2.24) is 4.98 Å². The number of rotatable bonds is 3. The number of pyridine rings is 1. The van der Waals surface area contributed by atoms with Gasteiger partial charge in [-0.1, -0.05) is 0 Å². The van der Waals surface area contributed by atoms with Crippen molar-refractivity contribution in [2.75, 3.05) is 0 Å². The van der Waals surface area contributed by atoms with Crippen molar-refractivity contribution in [2.24, 2.45) is 5.73 Å².